The number of hydrogen-bond donors (Lipinski definition) is 2. The van der Waals surface area contributed by atoms with Crippen LogP contribution in [0, 0.1) is 6.92 Å². The molecule has 0 atom stereocenters. The van der Waals surface area contributed by atoms with E-state index >= 15 is 0 Å². The van der Waals surface area contributed by atoms with Gasteiger partial charge < -0.3 is 10.6 Å². The lowest BCUT2D eigenvalue weighted by Gasteiger charge is -2.12. The summed E-state index contributed by atoms with van der Waals surface area (Å²) in [5, 5.41) is 10.7. The molecule has 0 unspecified atom stereocenters. The number of aryl methyl sites for hydroxylation is 2. The SMILES string of the molecule is CN=C(NCc1cccc(C)c1)NCc1ccnn1C.I. The zero-order valence-corrected chi connectivity index (χ0v) is 15.0. The lowest BCUT2D eigenvalue weighted by molar-refractivity contribution is 0.684. The molecular weight excluding hydrogens is 377 g/mol. The Balaban J connectivity index is 0.00000220. The largest absolute Gasteiger partial charge is 0.352 e. The summed E-state index contributed by atoms with van der Waals surface area (Å²) in [5.74, 6) is 0.785. The molecule has 1 heterocycles. The van der Waals surface area contributed by atoms with Gasteiger partial charge in [0, 0.05) is 26.8 Å². The number of nitrogens with one attached hydrogen (secondary N) is 2. The normalized spacial score (nSPS) is 10.9. The molecule has 0 fully saturated rings. The fraction of sp³-hybridized carbons (Fsp3) is 0.333. The van der Waals surface area contributed by atoms with Crippen molar-refractivity contribution in [2.24, 2.45) is 12.0 Å². The van der Waals surface area contributed by atoms with Crippen LogP contribution >= 0.6 is 24.0 Å². The Labute approximate surface area is 142 Å². The Morgan fingerprint density at radius 3 is 2.62 bits per heavy atom. The van der Waals surface area contributed by atoms with Crippen LogP contribution < -0.4 is 10.6 Å². The summed E-state index contributed by atoms with van der Waals surface area (Å²) in [6, 6.07) is 10.4. The van der Waals surface area contributed by atoms with Crippen molar-refractivity contribution in [1.29, 1.82) is 0 Å². The fourth-order valence-corrected chi connectivity index (χ4v) is 1.98. The number of halogens is 1. The van der Waals surface area contributed by atoms with Gasteiger partial charge in [0.15, 0.2) is 5.96 Å². The molecule has 0 amide bonds. The van der Waals surface area contributed by atoms with E-state index in [1.165, 1.54) is 11.1 Å². The van der Waals surface area contributed by atoms with Crippen molar-refractivity contribution in [2.45, 2.75) is 20.0 Å². The molecular formula is C15H22IN5. The third-order valence-corrected chi connectivity index (χ3v) is 3.13. The quantitative estimate of drug-likeness (QED) is 0.471. The lowest BCUT2D eigenvalue weighted by atomic mass is 10.1. The van der Waals surface area contributed by atoms with Crippen LogP contribution in [-0.2, 0) is 20.1 Å². The number of nitrogens with zero attached hydrogens (tertiary/aromatic N) is 3. The molecule has 0 aliphatic heterocycles. The first-order chi connectivity index (χ1) is 9.69. The Morgan fingerprint density at radius 1 is 1.24 bits per heavy atom. The lowest BCUT2D eigenvalue weighted by Crippen LogP contribution is -2.36. The molecule has 5 nitrogen and oxygen atoms in total. The van der Waals surface area contributed by atoms with Crippen molar-refractivity contribution >= 4 is 29.9 Å². The van der Waals surface area contributed by atoms with Gasteiger partial charge in [0.1, 0.15) is 0 Å². The Kier molecular flexibility index (Phi) is 7.21. The van der Waals surface area contributed by atoms with Gasteiger partial charge in [-0.3, -0.25) is 9.67 Å². The molecule has 0 aliphatic rings. The van der Waals surface area contributed by atoms with Gasteiger partial charge in [-0.2, -0.15) is 5.10 Å². The highest BCUT2D eigenvalue weighted by Gasteiger charge is 2.01. The smallest absolute Gasteiger partial charge is 0.191 e. The van der Waals surface area contributed by atoms with E-state index in [9.17, 15) is 0 Å². The third kappa shape index (κ3) is 5.37. The minimum Gasteiger partial charge on any atom is -0.352 e. The van der Waals surface area contributed by atoms with E-state index in [0.29, 0.717) is 6.54 Å². The van der Waals surface area contributed by atoms with Crippen molar-refractivity contribution in [2.75, 3.05) is 7.05 Å². The zero-order valence-electron chi connectivity index (χ0n) is 12.6. The van der Waals surface area contributed by atoms with Crippen molar-refractivity contribution in [3.8, 4) is 0 Å². The zero-order chi connectivity index (χ0) is 14.4. The van der Waals surface area contributed by atoms with Gasteiger partial charge in [0.2, 0.25) is 0 Å². The van der Waals surface area contributed by atoms with Gasteiger partial charge in [-0.1, -0.05) is 29.8 Å². The Hall–Kier alpha value is -1.57. The number of aliphatic imine (C=N–C) groups is 1. The Morgan fingerprint density at radius 2 is 2.00 bits per heavy atom. The van der Waals surface area contributed by atoms with E-state index < -0.39 is 0 Å². The molecule has 2 rings (SSSR count). The second kappa shape index (κ2) is 8.66. The van der Waals surface area contributed by atoms with Gasteiger partial charge in [0.25, 0.3) is 0 Å². The predicted octanol–water partition coefficient (Wildman–Crippen LogP) is 2.21. The third-order valence-electron chi connectivity index (χ3n) is 3.13. The molecule has 6 heteroatoms. The minimum absolute atomic E-state index is 0. The Bertz CT molecular complexity index is 591. The maximum Gasteiger partial charge on any atom is 0.191 e. The molecule has 0 radical (unpaired) electrons. The number of guanidine groups is 1. The van der Waals surface area contributed by atoms with E-state index in [0.717, 1.165) is 18.2 Å². The van der Waals surface area contributed by atoms with Crippen molar-refractivity contribution < 1.29 is 0 Å². The summed E-state index contributed by atoms with van der Waals surface area (Å²) in [4.78, 5) is 4.22. The summed E-state index contributed by atoms with van der Waals surface area (Å²) in [6.07, 6.45) is 1.79. The van der Waals surface area contributed by atoms with Crippen LogP contribution in [0.4, 0.5) is 0 Å². The molecule has 0 aliphatic carbocycles. The second-order valence-electron chi connectivity index (χ2n) is 4.71. The van der Waals surface area contributed by atoms with E-state index in [1.54, 1.807) is 13.2 Å². The molecule has 0 saturated carbocycles. The maximum absolute atomic E-state index is 4.22. The molecule has 2 N–H and O–H groups in total. The summed E-state index contributed by atoms with van der Waals surface area (Å²) >= 11 is 0. The van der Waals surface area contributed by atoms with Crippen molar-refractivity contribution in [1.82, 2.24) is 20.4 Å². The summed E-state index contributed by atoms with van der Waals surface area (Å²) < 4.78 is 1.85. The first kappa shape index (κ1) is 17.5. The summed E-state index contributed by atoms with van der Waals surface area (Å²) in [7, 11) is 3.70. The minimum atomic E-state index is 0. The summed E-state index contributed by atoms with van der Waals surface area (Å²) in [5.41, 5.74) is 3.62. The first-order valence-corrected chi connectivity index (χ1v) is 6.66. The average Bonchev–Trinajstić information content (AvgIpc) is 2.85. The predicted molar refractivity (Wildman–Crippen MR) is 96.8 cm³/mol. The van der Waals surface area contributed by atoms with E-state index in [4.69, 9.17) is 0 Å². The molecule has 2 aromatic rings. The van der Waals surface area contributed by atoms with Crippen LogP contribution in [0.1, 0.15) is 16.8 Å². The monoisotopic (exact) mass is 399 g/mol. The highest BCUT2D eigenvalue weighted by Crippen LogP contribution is 2.03. The molecule has 0 saturated heterocycles. The molecule has 114 valence electrons. The van der Waals surface area contributed by atoms with Crippen LogP contribution in [0.15, 0.2) is 41.5 Å². The fourth-order valence-electron chi connectivity index (χ4n) is 1.98. The maximum atomic E-state index is 4.22. The number of hydrogen-bond acceptors (Lipinski definition) is 2. The highest BCUT2D eigenvalue weighted by molar-refractivity contribution is 14.0. The van der Waals surface area contributed by atoms with Crippen LogP contribution in [0.2, 0.25) is 0 Å². The second-order valence-corrected chi connectivity index (χ2v) is 4.71. The van der Waals surface area contributed by atoms with Crippen LogP contribution in [-0.4, -0.2) is 22.8 Å². The first-order valence-electron chi connectivity index (χ1n) is 6.66. The summed E-state index contributed by atoms with van der Waals surface area (Å²) in [6.45, 7) is 3.55. The van der Waals surface area contributed by atoms with Crippen molar-refractivity contribution in [3.63, 3.8) is 0 Å². The van der Waals surface area contributed by atoms with E-state index in [2.05, 4.69) is 51.9 Å². The van der Waals surface area contributed by atoms with E-state index in [1.807, 2.05) is 17.8 Å². The van der Waals surface area contributed by atoms with Gasteiger partial charge in [-0.25, -0.2) is 0 Å². The van der Waals surface area contributed by atoms with E-state index in [-0.39, 0.29) is 24.0 Å². The number of benzene rings is 1. The molecule has 21 heavy (non-hydrogen) atoms. The number of aromatic nitrogens is 2. The molecule has 0 spiro atoms. The van der Waals surface area contributed by atoms with Crippen LogP contribution in [0.3, 0.4) is 0 Å². The highest BCUT2D eigenvalue weighted by atomic mass is 127. The van der Waals surface area contributed by atoms with Gasteiger partial charge in [-0.15, -0.1) is 24.0 Å². The van der Waals surface area contributed by atoms with Gasteiger partial charge >= 0.3 is 0 Å². The molecule has 1 aromatic carbocycles. The molecule has 1 aromatic heterocycles. The number of rotatable bonds is 4. The standard InChI is InChI=1S/C15H21N5.HI/c1-12-5-4-6-13(9-12)10-17-15(16-2)18-11-14-7-8-19-20(14)3;/h4-9H,10-11H2,1-3H3,(H2,16,17,18);1H. The van der Waals surface area contributed by atoms with Crippen molar-refractivity contribution in [3.05, 3.63) is 53.3 Å². The molecule has 0 bridgehead atoms. The van der Waals surface area contributed by atoms with Gasteiger partial charge in [-0.05, 0) is 18.6 Å². The topological polar surface area (TPSA) is 54.2 Å². The average molecular weight is 399 g/mol. The van der Waals surface area contributed by atoms with Crippen LogP contribution in [0.5, 0.6) is 0 Å². The van der Waals surface area contributed by atoms with Gasteiger partial charge in [0.05, 0.1) is 12.2 Å². The van der Waals surface area contributed by atoms with Crippen LogP contribution in [0.25, 0.3) is 0 Å².